The highest BCUT2D eigenvalue weighted by molar-refractivity contribution is 5.81. The van der Waals surface area contributed by atoms with Gasteiger partial charge in [0.05, 0.1) is 5.92 Å². The molecule has 98 valence electrons. The van der Waals surface area contributed by atoms with E-state index in [1.807, 2.05) is 13.8 Å². The van der Waals surface area contributed by atoms with Crippen molar-refractivity contribution in [2.75, 3.05) is 6.54 Å². The number of likely N-dealkylation sites (tertiary alicyclic amines) is 1. The Balaban J connectivity index is 2.90. The van der Waals surface area contributed by atoms with Crippen molar-refractivity contribution < 1.29 is 14.7 Å². The Hall–Kier alpha value is -1.06. The largest absolute Gasteiger partial charge is 0.481 e. The van der Waals surface area contributed by atoms with E-state index in [9.17, 15) is 14.7 Å². The Morgan fingerprint density at radius 1 is 1.41 bits per heavy atom. The lowest BCUT2D eigenvalue weighted by atomic mass is 9.80. The second kappa shape index (κ2) is 4.67. The minimum absolute atomic E-state index is 0.00640. The lowest BCUT2D eigenvalue weighted by Crippen LogP contribution is -2.54. The number of carboxylic acids is 1. The third-order valence-corrected chi connectivity index (χ3v) is 3.37. The predicted molar refractivity (Wildman–Crippen MR) is 65.5 cm³/mol. The highest BCUT2D eigenvalue weighted by atomic mass is 16.4. The van der Waals surface area contributed by atoms with Gasteiger partial charge in [-0.3, -0.25) is 9.59 Å². The first-order chi connectivity index (χ1) is 7.63. The number of carboxylic acid groups (broad SMARTS) is 1. The van der Waals surface area contributed by atoms with Gasteiger partial charge in [-0.1, -0.05) is 27.7 Å². The van der Waals surface area contributed by atoms with Gasteiger partial charge in [0.2, 0.25) is 5.91 Å². The van der Waals surface area contributed by atoms with Crippen LogP contribution in [0.25, 0.3) is 0 Å². The van der Waals surface area contributed by atoms with Crippen molar-refractivity contribution in [2.45, 2.75) is 47.1 Å². The zero-order valence-corrected chi connectivity index (χ0v) is 11.4. The maximum Gasteiger partial charge on any atom is 0.308 e. The highest BCUT2D eigenvalue weighted by Crippen LogP contribution is 2.32. The number of hydrogen-bond acceptors (Lipinski definition) is 2. The number of carbonyl (C=O) groups excluding carboxylic acids is 1. The first kappa shape index (κ1) is 14.0. The Kier molecular flexibility index (Phi) is 3.84. The van der Waals surface area contributed by atoms with E-state index < -0.39 is 11.9 Å². The number of aliphatic carboxylic acids is 1. The van der Waals surface area contributed by atoms with Gasteiger partial charge < -0.3 is 10.0 Å². The molecule has 1 heterocycles. The van der Waals surface area contributed by atoms with Crippen LogP contribution < -0.4 is 0 Å². The normalized spacial score (nSPS) is 30.5. The van der Waals surface area contributed by atoms with Gasteiger partial charge in [-0.15, -0.1) is 0 Å². The van der Waals surface area contributed by atoms with Crippen molar-refractivity contribution >= 4 is 11.9 Å². The van der Waals surface area contributed by atoms with Crippen molar-refractivity contribution in [3.63, 3.8) is 0 Å². The number of piperidine rings is 1. The van der Waals surface area contributed by atoms with Gasteiger partial charge in [-0.25, -0.2) is 0 Å². The maximum absolute atomic E-state index is 12.0. The number of carbonyl (C=O) groups is 2. The molecular formula is C13H23NO3. The van der Waals surface area contributed by atoms with Crippen LogP contribution >= 0.6 is 0 Å². The fourth-order valence-corrected chi connectivity index (χ4v) is 2.61. The topological polar surface area (TPSA) is 57.6 Å². The third-order valence-electron chi connectivity index (χ3n) is 3.37. The van der Waals surface area contributed by atoms with Crippen molar-refractivity contribution in [2.24, 2.45) is 17.3 Å². The molecule has 1 aliphatic rings. The van der Waals surface area contributed by atoms with Crippen LogP contribution in [0, 0.1) is 17.3 Å². The van der Waals surface area contributed by atoms with E-state index in [2.05, 4.69) is 20.8 Å². The minimum Gasteiger partial charge on any atom is -0.481 e. The summed E-state index contributed by atoms with van der Waals surface area (Å²) in [5.41, 5.74) is -0.00640. The molecule has 4 nitrogen and oxygen atoms in total. The molecule has 0 spiro atoms. The summed E-state index contributed by atoms with van der Waals surface area (Å²) in [4.78, 5) is 25.0. The van der Waals surface area contributed by atoms with Crippen molar-refractivity contribution in [3.8, 4) is 0 Å². The summed E-state index contributed by atoms with van der Waals surface area (Å²) in [5, 5.41) is 9.24. The first-order valence-corrected chi connectivity index (χ1v) is 6.16. The smallest absolute Gasteiger partial charge is 0.308 e. The number of nitrogens with zero attached hydrogens (tertiary/aromatic N) is 1. The summed E-state index contributed by atoms with van der Waals surface area (Å²) < 4.78 is 0. The SMILES string of the molecule is CC1CC(=O)N(CC(C)(C)C)C(C)C1C(=O)O. The van der Waals surface area contributed by atoms with Crippen molar-refractivity contribution in [1.29, 1.82) is 0 Å². The first-order valence-electron chi connectivity index (χ1n) is 6.16. The van der Waals surface area contributed by atoms with E-state index >= 15 is 0 Å². The molecule has 0 radical (unpaired) electrons. The molecule has 1 rings (SSSR count). The van der Waals surface area contributed by atoms with Crippen LogP contribution in [-0.4, -0.2) is 34.5 Å². The van der Waals surface area contributed by atoms with Crippen LogP contribution in [0.4, 0.5) is 0 Å². The second-order valence-corrected chi connectivity index (χ2v) is 6.37. The van der Waals surface area contributed by atoms with E-state index in [1.165, 1.54) is 0 Å². The summed E-state index contributed by atoms with van der Waals surface area (Å²) in [6.07, 6.45) is 0.345. The highest BCUT2D eigenvalue weighted by Gasteiger charge is 2.42. The van der Waals surface area contributed by atoms with E-state index in [-0.39, 0.29) is 23.3 Å². The summed E-state index contributed by atoms with van der Waals surface area (Å²) in [5.74, 6) is -1.24. The maximum atomic E-state index is 12.0. The lowest BCUT2D eigenvalue weighted by Gasteiger charge is -2.43. The molecular weight excluding hydrogens is 218 g/mol. The molecule has 1 N–H and O–H groups in total. The van der Waals surface area contributed by atoms with E-state index in [1.54, 1.807) is 4.90 Å². The van der Waals surface area contributed by atoms with Gasteiger partial charge in [-0.2, -0.15) is 0 Å². The molecule has 3 unspecified atom stereocenters. The van der Waals surface area contributed by atoms with Crippen LogP contribution in [0.2, 0.25) is 0 Å². The summed E-state index contributed by atoms with van der Waals surface area (Å²) >= 11 is 0. The lowest BCUT2D eigenvalue weighted by molar-refractivity contribution is -0.155. The molecule has 17 heavy (non-hydrogen) atoms. The van der Waals surface area contributed by atoms with Crippen LogP contribution in [0.1, 0.15) is 41.0 Å². The minimum atomic E-state index is -0.795. The fourth-order valence-electron chi connectivity index (χ4n) is 2.61. The van der Waals surface area contributed by atoms with Crippen LogP contribution in [0.5, 0.6) is 0 Å². The van der Waals surface area contributed by atoms with Gasteiger partial charge in [0.25, 0.3) is 0 Å². The fraction of sp³-hybridized carbons (Fsp3) is 0.846. The zero-order valence-electron chi connectivity index (χ0n) is 11.4. The molecule has 0 saturated carbocycles. The number of amides is 1. The molecule has 1 fully saturated rings. The van der Waals surface area contributed by atoms with Crippen LogP contribution in [-0.2, 0) is 9.59 Å². The molecule has 0 aromatic heterocycles. The Bertz CT molecular complexity index is 319. The summed E-state index contributed by atoms with van der Waals surface area (Å²) in [6, 6.07) is -0.219. The van der Waals surface area contributed by atoms with E-state index in [0.717, 1.165) is 0 Å². The van der Waals surface area contributed by atoms with Gasteiger partial charge >= 0.3 is 5.97 Å². The molecule has 0 aliphatic carbocycles. The van der Waals surface area contributed by atoms with Crippen LogP contribution in [0.3, 0.4) is 0 Å². The number of rotatable bonds is 2. The third kappa shape index (κ3) is 3.20. The van der Waals surface area contributed by atoms with Gasteiger partial charge in [0.1, 0.15) is 0 Å². The van der Waals surface area contributed by atoms with Crippen molar-refractivity contribution in [3.05, 3.63) is 0 Å². The summed E-state index contributed by atoms with van der Waals surface area (Å²) in [7, 11) is 0. The summed E-state index contributed by atoms with van der Waals surface area (Å²) in [6.45, 7) is 10.5. The van der Waals surface area contributed by atoms with Gasteiger partial charge in [-0.05, 0) is 18.3 Å². The van der Waals surface area contributed by atoms with E-state index in [4.69, 9.17) is 0 Å². The Morgan fingerprint density at radius 2 is 1.94 bits per heavy atom. The standard InChI is InChI=1S/C13H23NO3/c1-8-6-10(15)14(7-13(3,4)5)9(2)11(8)12(16)17/h8-9,11H,6-7H2,1-5H3,(H,16,17). The quantitative estimate of drug-likeness (QED) is 0.804. The molecule has 1 saturated heterocycles. The molecule has 4 heteroatoms. The predicted octanol–water partition coefficient (Wildman–Crippen LogP) is 1.99. The molecule has 1 amide bonds. The average molecular weight is 241 g/mol. The molecule has 0 bridgehead atoms. The Morgan fingerprint density at radius 3 is 2.35 bits per heavy atom. The molecule has 3 atom stereocenters. The van der Waals surface area contributed by atoms with Gasteiger partial charge in [0.15, 0.2) is 0 Å². The van der Waals surface area contributed by atoms with Crippen LogP contribution in [0.15, 0.2) is 0 Å². The zero-order chi connectivity index (χ0) is 13.4. The molecule has 0 aromatic carbocycles. The second-order valence-electron chi connectivity index (χ2n) is 6.37. The Labute approximate surface area is 103 Å². The average Bonchev–Trinajstić information content (AvgIpc) is 2.09. The monoisotopic (exact) mass is 241 g/mol. The molecule has 0 aromatic rings. The number of hydrogen-bond donors (Lipinski definition) is 1. The molecule has 1 aliphatic heterocycles. The van der Waals surface area contributed by atoms with E-state index in [0.29, 0.717) is 13.0 Å². The van der Waals surface area contributed by atoms with Crippen molar-refractivity contribution in [1.82, 2.24) is 4.90 Å². The van der Waals surface area contributed by atoms with Gasteiger partial charge in [0, 0.05) is 19.0 Å².